The largest absolute Gasteiger partial charge is 0.455 e. The molecular formula is C12H6I2O. The van der Waals surface area contributed by atoms with Crippen LogP contribution in [0.25, 0.3) is 21.9 Å². The lowest BCUT2D eigenvalue weighted by atomic mass is 10.2. The van der Waals surface area contributed by atoms with Gasteiger partial charge in [0, 0.05) is 14.3 Å². The normalized spacial score (nSPS) is 11.3. The Kier molecular flexibility index (Phi) is 2.39. The third kappa shape index (κ3) is 1.47. The molecule has 2 aromatic carbocycles. The first kappa shape index (κ1) is 9.89. The molecule has 1 nitrogen and oxygen atoms in total. The molecular weight excluding hydrogens is 414 g/mol. The number of benzene rings is 2. The van der Waals surface area contributed by atoms with Crippen molar-refractivity contribution in [2.45, 2.75) is 0 Å². The van der Waals surface area contributed by atoms with Gasteiger partial charge in [-0.2, -0.15) is 0 Å². The van der Waals surface area contributed by atoms with Crippen molar-refractivity contribution in [3.63, 3.8) is 0 Å². The molecule has 0 amide bonds. The average Bonchev–Trinajstić information content (AvgIpc) is 2.63. The standard InChI is InChI=1S/C12H6I2O/c13-9-6-5-8-7-3-1-2-4-10(7)15-12(8)11(9)14/h1-6H. The molecule has 0 spiro atoms. The van der Waals surface area contributed by atoms with Crippen molar-refractivity contribution >= 4 is 67.1 Å². The minimum atomic E-state index is 0.965. The highest BCUT2D eigenvalue weighted by molar-refractivity contribution is 14.1. The molecule has 74 valence electrons. The predicted molar refractivity (Wildman–Crippen MR) is 79.2 cm³/mol. The molecule has 0 fully saturated rings. The molecule has 3 aromatic rings. The molecule has 0 bridgehead atoms. The predicted octanol–water partition coefficient (Wildman–Crippen LogP) is 4.80. The number of halogens is 2. The molecule has 0 radical (unpaired) electrons. The fourth-order valence-corrected chi connectivity index (χ4v) is 2.74. The highest BCUT2D eigenvalue weighted by Gasteiger charge is 2.10. The molecule has 0 saturated carbocycles. The second kappa shape index (κ2) is 3.62. The van der Waals surface area contributed by atoms with Crippen LogP contribution < -0.4 is 0 Å². The van der Waals surface area contributed by atoms with Crippen LogP contribution >= 0.6 is 45.2 Å². The van der Waals surface area contributed by atoms with Crippen LogP contribution in [0.1, 0.15) is 0 Å². The zero-order valence-electron chi connectivity index (χ0n) is 7.63. The van der Waals surface area contributed by atoms with Crippen LogP contribution in [0.2, 0.25) is 0 Å². The van der Waals surface area contributed by atoms with Crippen molar-refractivity contribution in [2.75, 3.05) is 0 Å². The molecule has 0 atom stereocenters. The van der Waals surface area contributed by atoms with E-state index in [1.807, 2.05) is 18.2 Å². The summed E-state index contributed by atoms with van der Waals surface area (Å²) < 4.78 is 8.28. The van der Waals surface area contributed by atoms with E-state index in [0.29, 0.717) is 0 Å². The number of hydrogen-bond acceptors (Lipinski definition) is 1. The summed E-state index contributed by atoms with van der Waals surface area (Å²) in [7, 11) is 0. The molecule has 3 rings (SSSR count). The molecule has 1 heterocycles. The number of para-hydroxylation sites is 1. The fourth-order valence-electron chi connectivity index (χ4n) is 1.73. The van der Waals surface area contributed by atoms with Crippen molar-refractivity contribution in [3.05, 3.63) is 43.5 Å². The van der Waals surface area contributed by atoms with Gasteiger partial charge in [-0.1, -0.05) is 18.2 Å². The van der Waals surface area contributed by atoms with Gasteiger partial charge in [-0.05, 0) is 63.4 Å². The van der Waals surface area contributed by atoms with E-state index in [2.05, 4.69) is 63.4 Å². The van der Waals surface area contributed by atoms with Crippen LogP contribution in [0, 0.1) is 7.14 Å². The van der Waals surface area contributed by atoms with Crippen LogP contribution in [0.3, 0.4) is 0 Å². The van der Waals surface area contributed by atoms with Gasteiger partial charge in [-0.25, -0.2) is 0 Å². The van der Waals surface area contributed by atoms with Gasteiger partial charge in [0.05, 0.1) is 3.57 Å². The van der Waals surface area contributed by atoms with E-state index in [1.165, 1.54) is 17.9 Å². The van der Waals surface area contributed by atoms with Crippen molar-refractivity contribution in [1.82, 2.24) is 0 Å². The average molecular weight is 420 g/mol. The molecule has 0 aliphatic rings. The summed E-state index contributed by atoms with van der Waals surface area (Å²) in [6.07, 6.45) is 0. The van der Waals surface area contributed by atoms with E-state index < -0.39 is 0 Å². The first-order valence-corrected chi connectivity index (χ1v) is 6.68. The Morgan fingerprint density at radius 1 is 0.867 bits per heavy atom. The summed E-state index contributed by atoms with van der Waals surface area (Å²) in [6.45, 7) is 0. The van der Waals surface area contributed by atoms with Gasteiger partial charge in [-0.3, -0.25) is 0 Å². The maximum Gasteiger partial charge on any atom is 0.149 e. The Balaban J connectivity index is 2.60. The minimum Gasteiger partial charge on any atom is -0.455 e. The highest BCUT2D eigenvalue weighted by Crippen LogP contribution is 2.33. The van der Waals surface area contributed by atoms with Gasteiger partial charge in [0.2, 0.25) is 0 Å². The molecule has 0 unspecified atom stereocenters. The topological polar surface area (TPSA) is 13.1 Å². The summed E-state index contributed by atoms with van der Waals surface area (Å²) in [5.74, 6) is 0. The van der Waals surface area contributed by atoms with Crippen LogP contribution in [0.4, 0.5) is 0 Å². The Morgan fingerprint density at radius 2 is 1.67 bits per heavy atom. The zero-order chi connectivity index (χ0) is 10.4. The molecule has 15 heavy (non-hydrogen) atoms. The SMILES string of the molecule is Ic1ccc2c(oc3ccccc32)c1I. The second-order valence-corrected chi connectivity index (χ2v) is 5.58. The molecule has 0 N–H and O–H groups in total. The van der Waals surface area contributed by atoms with Gasteiger partial charge in [-0.15, -0.1) is 0 Å². The first-order chi connectivity index (χ1) is 7.27. The van der Waals surface area contributed by atoms with E-state index >= 15 is 0 Å². The van der Waals surface area contributed by atoms with E-state index in [1.54, 1.807) is 0 Å². The quantitative estimate of drug-likeness (QED) is 0.477. The molecule has 0 aliphatic heterocycles. The van der Waals surface area contributed by atoms with Gasteiger partial charge in [0.25, 0.3) is 0 Å². The summed E-state index contributed by atoms with van der Waals surface area (Å²) >= 11 is 4.67. The van der Waals surface area contributed by atoms with Crippen molar-refractivity contribution in [2.24, 2.45) is 0 Å². The lowest BCUT2D eigenvalue weighted by molar-refractivity contribution is 0.666. The van der Waals surface area contributed by atoms with E-state index in [-0.39, 0.29) is 0 Å². The summed E-state index contributed by atoms with van der Waals surface area (Å²) in [5, 5.41) is 2.40. The highest BCUT2D eigenvalue weighted by atomic mass is 127. The van der Waals surface area contributed by atoms with Gasteiger partial charge in [0.1, 0.15) is 11.2 Å². The Morgan fingerprint density at radius 3 is 2.53 bits per heavy atom. The minimum absolute atomic E-state index is 0.965. The third-order valence-corrected chi connectivity index (χ3v) is 5.44. The van der Waals surface area contributed by atoms with Crippen molar-refractivity contribution in [1.29, 1.82) is 0 Å². The van der Waals surface area contributed by atoms with E-state index in [0.717, 1.165) is 11.2 Å². The molecule has 3 heteroatoms. The zero-order valence-corrected chi connectivity index (χ0v) is 11.9. The molecule has 0 saturated heterocycles. The van der Waals surface area contributed by atoms with Crippen molar-refractivity contribution in [3.8, 4) is 0 Å². The number of hydrogen-bond donors (Lipinski definition) is 0. The summed E-state index contributed by atoms with van der Waals surface area (Å²) in [5.41, 5.74) is 1.97. The summed E-state index contributed by atoms with van der Waals surface area (Å²) in [4.78, 5) is 0. The van der Waals surface area contributed by atoms with Crippen molar-refractivity contribution < 1.29 is 4.42 Å². The van der Waals surface area contributed by atoms with E-state index in [9.17, 15) is 0 Å². The Bertz CT molecular complexity index is 655. The lowest BCUT2D eigenvalue weighted by Gasteiger charge is -1.95. The maximum atomic E-state index is 5.85. The fraction of sp³-hybridized carbons (Fsp3) is 0. The molecule has 0 aliphatic carbocycles. The monoisotopic (exact) mass is 420 g/mol. The van der Waals surface area contributed by atoms with Gasteiger partial charge >= 0.3 is 0 Å². The van der Waals surface area contributed by atoms with E-state index in [4.69, 9.17) is 4.42 Å². The second-order valence-electron chi connectivity index (χ2n) is 3.34. The molecule has 1 aromatic heterocycles. The van der Waals surface area contributed by atoms with Gasteiger partial charge in [0.15, 0.2) is 0 Å². The lowest BCUT2D eigenvalue weighted by Crippen LogP contribution is -1.78. The Labute approximate surface area is 114 Å². The van der Waals surface area contributed by atoms with Crippen LogP contribution in [0.5, 0.6) is 0 Å². The maximum absolute atomic E-state index is 5.85. The number of fused-ring (bicyclic) bond motifs is 3. The van der Waals surface area contributed by atoms with Crippen LogP contribution in [-0.4, -0.2) is 0 Å². The first-order valence-electron chi connectivity index (χ1n) is 4.52. The third-order valence-electron chi connectivity index (χ3n) is 2.44. The smallest absolute Gasteiger partial charge is 0.149 e. The number of furan rings is 1. The number of rotatable bonds is 0. The Hall–Kier alpha value is -0.300. The summed E-state index contributed by atoms with van der Waals surface area (Å²) in [6, 6.07) is 12.4. The van der Waals surface area contributed by atoms with Gasteiger partial charge < -0.3 is 4.42 Å². The van der Waals surface area contributed by atoms with Crippen LogP contribution in [-0.2, 0) is 0 Å². The van der Waals surface area contributed by atoms with Crippen LogP contribution in [0.15, 0.2) is 40.8 Å².